The summed E-state index contributed by atoms with van der Waals surface area (Å²) in [5.74, 6) is -0.00289. The average molecular weight is 309 g/mol. The first-order valence-corrected chi connectivity index (χ1v) is 7.54. The van der Waals surface area contributed by atoms with Gasteiger partial charge in [-0.2, -0.15) is 4.99 Å². The van der Waals surface area contributed by atoms with Gasteiger partial charge in [-0.25, -0.2) is 0 Å². The lowest BCUT2D eigenvalue weighted by Crippen LogP contribution is -2.58. The monoisotopic (exact) mass is 309 g/mol. The van der Waals surface area contributed by atoms with Crippen LogP contribution in [0.15, 0.2) is 47.6 Å². The molecule has 0 saturated heterocycles. The summed E-state index contributed by atoms with van der Waals surface area (Å²) in [6.07, 6.45) is 7.20. The molecule has 1 N–H and O–H groups in total. The first kappa shape index (κ1) is 15.2. The number of benzene rings is 1. The summed E-state index contributed by atoms with van der Waals surface area (Å²) in [6, 6.07) is 5.77. The largest absolute Gasteiger partial charge is 0.324 e. The molecule has 5 nitrogen and oxygen atoms in total. The zero-order valence-electron chi connectivity index (χ0n) is 13.5. The fourth-order valence-electron chi connectivity index (χ4n) is 2.76. The number of nitrogens with one attached hydrogen (secondary N) is 1. The average Bonchev–Trinajstić information content (AvgIpc) is 2.50. The molecule has 1 aromatic rings. The van der Waals surface area contributed by atoms with Crippen molar-refractivity contribution in [3.05, 3.63) is 53.8 Å². The number of allylic oxidation sites excluding steroid dienone is 2. The second kappa shape index (κ2) is 5.50. The summed E-state index contributed by atoms with van der Waals surface area (Å²) in [5.41, 5.74) is 2.01. The Kier molecular flexibility index (Phi) is 3.64. The fraction of sp³-hybridized carbons (Fsp3) is 0.278. The molecule has 1 atom stereocenters. The molecule has 1 aromatic carbocycles. The Balaban J connectivity index is 1.89. The number of aliphatic imine (C=N–C) groups is 1. The summed E-state index contributed by atoms with van der Waals surface area (Å²) < 4.78 is 0. The van der Waals surface area contributed by atoms with Gasteiger partial charge in [0.1, 0.15) is 11.4 Å². The molecule has 0 saturated carbocycles. The molecule has 2 aliphatic heterocycles. The predicted octanol–water partition coefficient (Wildman–Crippen LogP) is 2.71. The van der Waals surface area contributed by atoms with Gasteiger partial charge < -0.3 is 10.2 Å². The zero-order chi connectivity index (χ0) is 16.6. The maximum atomic E-state index is 12.9. The van der Waals surface area contributed by atoms with E-state index in [9.17, 15) is 9.59 Å². The number of nitrogens with zero attached hydrogens (tertiary/aromatic N) is 2. The smallest absolute Gasteiger partial charge is 0.250 e. The van der Waals surface area contributed by atoms with Gasteiger partial charge >= 0.3 is 0 Å². The van der Waals surface area contributed by atoms with E-state index in [-0.39, 0.29) is 18.2 Å². The number of anilines is 1. The molecule has 23 heavy (non-hydrogen) atoms. The number of fused-ring (bicyclic) bond motifs is 1. The van der Waals surface area contributed by atoms with Crippen molar-refractivity contribution in [1.29, 1.82) is 0 Å². The van der Waals surface area contributed by atoms with Crippen molar-refractivity contribution in [2.45, 2.75) is 32.7 Å². The molecule has 0 aliphatic carbocycles. The number of amidine groups is 1. The summed E-state index contributed by atoms with van der Waals surface area (Å²) in [5, 5.41) is 2.93. The Hall–Kier alpha value is -2.69. The van der Waals surface area contributed by atoms with E-state index in [0.29, 0.717) is 5.84 Å². The highest BCUT2D eigenvalue weighted by molar-refractivity contribution is 6.11. The second-order valence-corrected chi connectivity index (χ2v) is 6.14. The van der Waals surface area contributed by atoms with E-state index in [2.05, 4.69) is 10.3 Å². The van der Waals surface area contributed by atoms with Crippen LogP contribution in [0.2, 0.25) is 0 Å². The van der Waals surface area contributed by atoms with Crippen LogP contribution in [0.3, 0.4) is 0 Å². The number of hydrogen-bond donors (Lipinski definition) is 1. The minimum atomic E-state index is -0.992. The van der Waals surface area contributed by atoms with Crippen molar-refractivity contribution in [2.24, 2.45) is 4.99 Å². The van der Waals surface area contributed by atoms with Gasteiger partial charge in [0.25, 0.3) is 11.8 Å². The van der Waals surface area contributed by atoms with Gasteiger partial charge in [-0.1, -0.05) is 12.1 Å². The molecule has 5 heteroatoms. The Bertz CT molecular complexity index is 776. The van der Waals surface area contributed by atoms with Crippen molar-refractivity contribution < 1.29 is 9.59 Å². The molecule has 0 radical (unpaired) electrons. The van der Waals surface area contributed by atoms with E-state index in [4.69, 9.17) is 0 Å². The van der Waals surface area contributed by atoms with Gasteiger partial charge in [-0.05, 0) is 56.2 Å². The van der Waals surface area contributed by atoms with Crippen LogP contribution in [-0.4, -0.2) is 28.1 Å². The highest BCUT2D eigenvalue weighted by Crippen LogP contribution is 2.29. The van der Waals surface area contributed by atoms with Crippen LogP contribution >= 0.6 is 0 Å². The highest BCUT2D eigenvalue weighted by Gasteiger charge is 2.45. The minimum absolute atomic E-state index is 0.0470. The fourth-order valence-corrected chi connectivity index (χ4v) is 2.76. The number of aryl methyl sites for hydroxylation is 2. The lowest BCUT2D eigenvalue weighted by atomic mass is 9.91. The highest BCUT2D eigenvalue weighted by atomic mass is 16.2. The van der Waals surface area contributed by atoms with Crippen LogP contribution < -0.4 is 5.32 Å². The van der Waals surface area contributed by atoms with Crippen molar-refractivity contribution in [3.63, 3.8) is 0 Å². The zero-order valence-corrected chi connectivity index (χ0v) is 13.5. The minimum Gasteiger partial charge on any atom is -0.324 e. The van der Waals surface area contributed by atoms with Gasteiger partial charge in [0.15, 0.2) is 0 Å². The number of carbonyl (C=O) groups is 2. The van der Waals surface area contributed by atoms with Crippen LogP contribution in [0, 0.1) is 13.8 Å². The molecule has 0 bridgehead atoms. The third-order valence-corrected chi connectivity index (χ3v) is 4.36. The first-order valence-electron chi connectivity index (χ1n) is 7.54. The third kappa shape index (κ3) is 2.70. The lowest BCUT2D eigenvalue weighted by molar-refractivity contribution is -0.130. The Morgan fingerprint density at radius 3 is 2.78 bits per heavy atom. The molecule has 2 amide bonds. The normalized spacial score (nSPS) is 22.7. The molecule has 118 valence electrons. The Morgan fingerprint density at radius 1 is 1.26 bits per heavy atom. The van der Waals surface area contributed by atoms with Crippen LogP contribution in [0.4, 0.5) is 5.69 Å². The molecule has 2 aliphatic rings. The Morgan fingerprint density at radius 2 is 2.04 bits per heavy atom. The van der Waals surface area contributed by atoms with Gasteiger partial charge in [-0.3, -0.25) is 9.59 Å². The number of amides is 2. The molecule has 0 aromatic heterocycles. The quantitative estimate of drug-likeness (QED) is 0.913. The molecule has 0 fully saturated rings. The van der Waals surface area contributed by atoms with Crippen LogP contribution in [-0.2, 0) is 9.59 Å². The maximum absolute atomic E-state index is 12.9. The summed E-state index contributed by atoms with van der Waals surface area (Å²) in [6.45, 7) is 5.79. The van der Waals surface area contributed by atoms with Crippen LogP contribution in [0.5, 0.6) is 0 Å². The van der Waals surface area contributed by atoms with Gasteiger partial charge in [0, 0.05) is 11.9 Å². The number of hydrogen-bond acceptors (Lipinski definition) is 3. The van der Waals surface area contributed by atoms with E-state index < -0.39 is 5.54 Å². The lowest BCUT2D eigenvalue weighted by Gasteiger charge is -2.41. The maximum Gasteiger partial charge on any atom is 0.250 e. The van der Waals surface area contributed by atoms with Gasteiger partial charge in [0.05, 0.1) is 6.42 Å². The van der Waals surface area contributed by atoms with Gasteiger partial charge in [-0.15, -0.1) is 0 Å². The third-order valence-electron chi connectivity index (χ3n) is 4.36. The Labute approximate surface area is 135 Å². The molecular weight excluding hydrogens is 290 g/mol. The van der Waals surface area contributed by atoms with E-state index in [1.54, 1.807) is 30.2 Å². The second-order valence-electron chi connectivity index (χ2n) is 6.14. The SMILES string of the molecule is Cc1ccc(NC(=O)C2(C)CC(=O)N=C3C=CC=CN32)cc1C. The van der Waals surface area contributed by atoms with E-state index >= 15 is 0 Å². The van der Waals surface area contributed by atoms with E-state index in [1.165, 1.54) is 5.56 Å². The summed E-state index contributed by atoms with van der Waals surface area (Å²) in [4.78, 5) is 30.6. The van der Waals surface area contributed by atoms with Crippen molar-refractivity contribution in [3.8, 4) is 0 Å². The van der Waals surface area contributed by atoms with E-state index in [1.807, 2.05) is 38.1 Å². The molecule has 2 heterocycles. The number of rotatable bonds is 2. The van der Waals surface area contributed by atoms with Gasteiger partial charge in [0.2, 0.25) is 0 Å². The standard InChI is InChI=1S/C18H19N3O2/c1-12-7-8-14(10-13(12)2)19-17(23)18(3)11-16(22)20-15-6-4-5-9-21(15)18/h4-10H,11H2,1-3H3,(H,19,23). The molecule has 1 unspecified atom stereocenters. The summed E-state index contributed by atoms with van der Waals surface area (Å²) >= 11 is 0. The number of carbonyl (C=O) groups excluding carboxylic acids is 2. The van der Waals surface area contributed by atoms with Crippen molar-refractivity contribution >= 4 is 23.3 Å². The first-order chi connectivity index (χ1) is 10.9. The molecule has 3 rings (SSSR count). The van der Waals surface area contributed by atoms with E-state index in [0.717, 1.165) is 11.3 Å². The van der Waals surface area contributed by atoms with Crippen LogP contribution in [0.1, 0.15) is 24.5 Å². The topological polar surface area (TPSA) is 61.8 Å². The molecule has 0 spiro atoms. The predicted molar refractivity (Wildman–Crippen MR) is 90.1 cm³/mol. The van der Waals surface area contributed by atoms with Crippen LogP contribution in [0.25, 0.3) is 0 Å². The van der Waals surface area contributed by atoms with Crippen molar-refractivity contribution in [1.82, 2.24) is 4.90 Å². The summed E-state index contributed by atoms with van der Waals surface area (Å²) in [7, 11) is 0. The van der Waals surface area contributed by atoms with Crippen molar-refractivity contribution in [2.75, 3.05) is 5.32 Å². The molecular formula is C18H19N3O2.